The molecule has 4 bridgehead atoms. The van der Waals surface area contributed by atoms with Crippen molar-refractivity contribution < 1.29 is 33.6 Å². The highest BCUT2D eigenvalue weighted by Crippen LogP contribution is 2.80. The zero-order valence-corrected chi connectivity index (χ0v) is 23.3. The molecule has 8 rings (SSSR count). The zero-order chi connectivity index (χ0) is 26.6. The summed E-state index contributed by atoms with van der Waals surface area (Å²) >= 11 is 0. The molecule has 0 radical (unpaired) electrons. The Morgan fingerprint density at radius 3 is 2.54 bits per heavy atom. The maximum atomic E-state index is 14.4. The van der Waals surface area contributed by atoms with Gasteiger partial charge < -0.3 is 28.8 Å². The third-order valence-electron chi connectivity index (χ3n) is 10.7. The highest BCUT2D eigenvalue weighted by Gasteiger charge is 2.90. The molecule has 0 aromatic rings. The van der Waals surface area contributed by atoms with Crippen LogP contribution in [-0.4, -0.2) is 53.2 Å². The summed E-state index contributed by atoms with van der Waals surface area (Å²) in [5.41, 5.74) is -0.548. The van der Waals surface area contributed by atoms with E-state index in [-0.39, 0.29) is 40.8 Å². The first kappa shape index (κ1) is 24.8. The smallest absolute Gasteiger partial charge is 0.213 e. The van der Waals surface area contributed by atoms with Gasteiger partial charge in [0.2, 0.25) is 5.79 Å². The number of aliphatic hydroxyl groups is 1. The Labute approximate surface area is 219 Å². The van der Waals surface area contributed by atoms with Crippen LogP contribution in [-0.2, 0) is 28.5 Å². The molecule has 0 amide bonds. The molecule has 6 fully saturated rings. The molecule has 3 saturated carbocycles. The van der Waals surface area contributed by atoms with Gasteiger partial charge in [0.25, 0.3) is 0 Å². The number of Topliss-reactive ketones (excluding diaryl/α,β-unsaturated/α-hetero) is 1. The summed E-state index contributed by atoms with van der Waals surface area (Å²) in [7, 11) is 0. The quantitative estimate of drug-likeness (QED) is 0.511. The summed E-state index contributed by atoms with van der Waals surface area (Å²) in [6.45, 7) is 18.9. The van der Waals surface area contributed by atoms with Crippen LogP contribution in [0.5, 0.6) is 0 Å². The van der Waals surface area contributed by atoms with Crippen LogP contribution in [0.15, 0.2) is 23.5 Å². The molecular weight excluding hydrogens is 472 g/mol. The normalized spacial score (nSPS) is 50.8. The second-order valence-corrected chi connectivity index (χ2v) is 14.8. The van der Waals surface area contributed by atoms with Crippen molar-refractivity contribution >= 4 is 5.78 Å². The van der Waals surface area contributed by atoms with Crippen LogP contribution in [0.3, 0.4) is 0 Å². The van der Waals surface area contributed by atoms with Crippen molar-refractivity contribution in [2.75, 3.05) is 6.61 Å². The Bertz CT molecular complexity index is 1130. The van der Waals surface area contributed by atoms with E-state index in [1.807, 2.05) is 34.6 Å². The molecule has 4 aliphatic heterocycles. The van der Waals surface area contributed by atoms with Crippen molar-refractivity contribution in [2.45, 2.75) is 116 Å². The van der Waals surface area contributed by atoms with Gasteiger partial charge in [0, 0.05) is 18.3 Å². The van der Waals surface area contributed by atoms with Crippen LogP contribution in [0.1, 0.15) is 80.6 Å². The van der Waals surface area contributed by atoms with E-state index in [2.05, 4.69) is 20.4 Å². The Morgan fingerprint density at radius 1 is 1.11 bits per heavy atom. The number of carbonyl (C=O) groups is 1. The van der Waals surface area contributed by atoms with E-state index in [1.54, 1.807) is 0 Å². The van der Waals surface area contributed by atoms with Gasteiger partial charge in [-0.05, 0) is 82.8 Å². The van der Waals surface area contributed by atoms with Crippen molar-refractivity contribution in [3.8, 4) is 0 Å². The van der Waals surface area contributed by atoms with Crippen LogP contribution in [0.25, 0.3) is 0 Å². The van der Waals surface area contributed by atoms with E-state index in [4.69, 9.17) is 23.7 Å². The fraction of sp³-hybridized carbons (Fsp3) is 0.833. The summed E-state index contributed by atoms with van der Waals surface area (Å²) in [5.74, 6) is -2.08. The number of rotatable bonds is 1. The maximum Gasteiger partial charge on any atom is 0.213 e. The lowest BCUT2D eigenvalue weighted by Gasteiger charge is -2.77. The third kappa shape index (κ3) is 2.69. The summed E-state index contributed by atoms with van der Waals surface area (Å²) in [6, 6.07) is 0. The number of aliphatic hydroxyl groups excluding tert-OH is 1. The van der Waals surface area contributed by atoms with E-state index in [9.17, 15) is 9.90 Å². The molecule has 37 heavy (non-hydrogen) atoms. The highest BCUT2D eigenvalue weighted by molar-refractivity contribution is 6.05. The van der Waals surface area contributed by atoms with E-state index in [1.165, 1.54) is 5.57 Å². The second kappa shape index (κ2) is 6.90. The van der Waals surface area contributed by atoms with Crippen LogP contribution in [0.2, 0.25) is 0 Å². The average molecular weight is 515 g/mol. The third-order valence-corrected chi connectivity index (χ3v) is 10.7. The summed E-state index contributed by atoms with van der Waals surface area (Å²) in [6.07, 6.45) is 2.29. The van der Waals surface area contributed by atoms with Gasteiger partial charge in [-0.25, -0.2) is 0 Å². The van der Waals surface area contributed by atoms with Crippen LogP contribution < -0.4 is 0 Å². The first-order valence-corrected chi connectivity index (χ1v) is 14.1. The topological polar surface area (TPSA) is 83.5 Å². The van der Waals surface area contributed by atoms with E-state index in [0.717, 1.165) is 37.9 Å². The second-order valence-electron chi connectivity index (χ2n) is 14.8. The predicted octanol–water partition coefficient (Wildman–Crippen LogP) is 4.63. The fourth-order valence-corrected chi connectivity index (χ4v) is 10.1. The Morgan fingerprint density at radius 2 is 1.84 bits per heavy atom. The number of fused-ring (bicyclic) bond motifs is 1. The van der Waals surface area contributed by atoms with Crippen molar-refractivity contribution in [3.05, 3.63) is 23.5 Å². The molecule has 9 atom stereocenters. The molecule has 1 N–H and O–H groups in total. The first-order valence-electron chi connectivity index (χ1n) is 14.1. The molecule has 8 aliphatic rings. The van der Waals surface area contributed by atoms with E-state index < -0.39 is 34.6 Å². The largest absolute Gasteiger partial charge is 0.469 e. The molecule has 4 heterocycles. The van der Waals surface area contributed by atoms with Gasteiger partial charge in [0.15, 0.2) is 17.9 Å². The minimum atomic E-state index is -1.48. The van der Waals surface area contributed by atoms with Crippen molar-refractivity contribution in [2.24, 2.45) is 34.0 Å². The van der Waals surface area contributed by atoms with Crippen LogP contribution >= 0.6 is 0 Å². The van der Waals surface area contributed by atoms with Gasteiger partial charge in [-0.1, -0.05) is 20.4 Å². The zero-order valence-electron chi connectivity index (χ0n) is 23.3. The Hall–Kier alpha value is -1.25. The van der Waals surface area contributed by atoms with E-state index in [0.29, 0.717) is 12.2 Å². The number of ether oxygens (including phenoxy) is 5. The molecule has 0 aromatic carbocycles. The van der Waals surface area contributed by atoms with Gasteiger partial charge in [0.1, 0.15) is 17.3 Å². The van der Waals surface area contributed by atoms with Gasteiger partial charge >= 0.3 is 0 Å². The van der Waals surface area contributed by atoms with Gasteiger partial charge in [-0.15, -0.1) is 0 Å². The summed E-state index contributed by atoms with van der Waals surface area (Å²) < 4.78 is 33.2. The monoisotopic (exact) mass is 514 g/mol. The maximum absolute atomic E-state index is 14.4. The number of ketones is 1. The molecule has 1 unspecified atom stereocenters. The fourth-order valence-electron chi connectivity index (χ4n) is 10.1. The number of carbonyl (C=O) groups excluding carboxylic acids is 1. The lowest BCUT2D eigenvalue weighted by Crippen LogP contribution is -2.87. The molecule has 3 saturated heterocycles. The SMILES string of the molecule is C=C1C(=O)[C@@]23C4OC(C)(C)O[C@]25OC[C@]2(C6=C(CC[C@H](OC(C)(C)C)O6)CC(C)(C)[C@H]2[C@@H]5O)[C@@H]3CC[C@@H]14. The molecule has 3 spiro atoms. The van der Waals surface area contributed by atoms with Gasteiger partial charge in [-0.2, -0.15) is 0 Å². The van der Waals surface area contributed by atoms with Crippen molar-refractivity contribution in [1.29, 1.82) is 0 Å². The number of hydrogen-bond donors (Lipinski definition) is 1. The molecular formula is C30H42O7. The van der Waals surface area contributed by atoms with Crippen molar-refractivity contribution in [1.82, 2.24) is 0 Å². The molecule has 0 aromatic heterocycles. The lowest BCUT2D eigenvalue weighted by atomic mass is 9.36. The molecule has 7 heteroatoms. The first-order chi connectivity index (χ1) is 17.1. The minimum absolute atomic E-state index is 0.0547. The molecule has 204 valence electrons. The van der Waals surface area contributed by atoms with Gasteiger partial charge in [-0.3, -0.25) is 4.79 Å². The Balaban J connectivity index is 1.47. The predicted molar refractivity (Wildman–Crippen MR) is 134 cm³/mol. The average Bonchev–Trinajstić information content (AvgIpc) is 2.88. The number of hydrogen-bond acceptors (Lipinski definition) is 7. The highest BCUT2D eigenvalue weighted by atomic mass is 16.8. The minimum Gasteiger partial charge on any atom is -0.469 e. The Kier molecular flexibility index (Phi) is 4.62. The molecule has 7 nitrogen and oxygen atoms in total. The number of allylic oxidation sites excluding steroid dienone is 1. The standard InChI is InChI=1S/C30H42O7/c1-15-17-10-11-18-28-14-33-30(29(18,21(15)31)24(17)36-27(7,8)37-30)22(32)20(28)26(5,6)13-16-9-12-19(34-23(16)28)35-25(2,3)4/h17-20,22,24,32H,1,9-14H2,2-8H3/t17-,18-,19-,20+,22-,24?,28-,29-,30-/m0/s1. The lowest BCUT2D eigenvalue weighted by molar-refractivity contribution is -0.527. The summed E-state index contributed by atoms with van der Waals surface area (Å²) in [4.78, 5) is 14.4. The summed E-state index contributed by atoms with van der Waals surface area (Å²) in [5, 5.41) is 12.5. The van der Waals surface area contributed by atoms with Crippen LogP contribution in [0, 0.1) is 34.0 Å². The van der Waals surface area contributed by atoms with E-state index >= 15 is 0 Å². The van der Waals surface area contributed by atoms with Gasteiger partial charge in [0.05, 0.1) is 23.7 Å². The van der Waals surface area contributed by atoms with Crippen LogP contribution in [0.4, 0.5) is 0 Å². The molecule has 4 aliphatic carbocycles. The van der Waals surface area contributed by atoms with Crippen molar-refractivity contribution in [3.63, 3.8) is 0 Å².